The lowest BCUT2D eigenvalue weighted by molar-refractivity contribution is 0.342. The molecule has 0 saturated heterocycles. The van der Waals surface area contributed by atoms with E-state index in [2.05, 4.69) is 6.07 Å². The number of hydrogen-bond acceptors (Lipinski definition) is 3. The van der Waals surface area contributed by atoms with E-state index in [0.29, 0.717) is 23.6 Å². The lowest BCUT2D eigenvalue weighted by Crippen LogP contribution is -1.98. The first-order valence-corrected chi connectivity index (χ1v) is 4.12. The van der Waals surface area contributed by atoms with E-state index < -0.39 is 0 Å². The Balaban J connectivity index is 3.16. The Morgan fingerprint density at radius 2 is 2.23 bits per heavy atom. The summed E-state index contributed by atoms with van der Waals surface area (Å²) in [6.45, 7) is 4.29. The first-order valence-electron chi connectivity index (χ1n) is 4.12. The Hall–Kier alpha value is -1.69. The molecule has 0 unspecified atom stereocenters. The van der Waals surface area contributed by atoms with Crippen LogP contribution in [0.1, 0.15) is 18.1 Å². The summed E-state index contributed by atoms with van der Waals surface area (Å²) < 4.78 is 5.26. The Kier molecular flexibility index (Phi) is 2.76. The van der Waals surface area contributed by atoms with Gasteiger partial charge in [-0.05, 0) is 25.5 Å². The van der Waals surface area contributed by atoms with E-state index in [4.69, 9.17) is 15.7 Å². The Morgan fingerprint density at radius 3 is 2.77 bits per heavy atom. The number of aryl methyl sites for hydroxylation is 1. The van der Waals surface area contributed by atoms with Gasteiger partial charge in [-0.15, -0.1) is 0 Å². The predicted octanol–water partition coefficient (Wildman–Crippen LogP) is 1.85. The quantitative estimate of drug-likeness (QED) is 0.699. The zero-order valence-electron chi connectivity index (χ0n) is 7.79. The van der Waals surface area contributed by atoms with Gasteiger partial charge in [0.1, 0.15) is 5.75 Å². The molecule has 1 aromatic rings. The molecule has 0 aliphatic rings. The molecule has 3 nitrogen and oxygen atoms in total. The summed E-state index contributed by atoms with van der Waals surface area (Å²) in [4.78, 5) is 0. The number of ether oxygens (including phenoxy) is 1. The Bertz CT molecular complexity index is 353. The van der Waals surface area contributed by atoms with Crippen molar-refractivity contribution in [2.45, 2.75) is 13.8 Å². The van der Waals surface area contributed by atoms with E-state index in [1.807, 2.05) is 13.8 Å². The topological polar surface area (TPSA) is 59.0 Å². The molecule has 0 atom stereocenters. The molecule has 1 rings (SSSR count). The van der Waals surface area contributed by atoms with Crippen molar-refractivity contribution in [1.82, 2.24) is 0 Å². The molecule has 13 heavy (non-hydrogen) atoms. The maximum Gasteiger partial charge on any atom is 0.143 e. The Morgan fingerprint density at radius 1 is 1.54 bits per heavy atom. The summed E-state index contributed by atoms with van der Waals surface area (Å²) in [7, 11) is 0. The van der Waals surface area contributed by atoms with E-state index in [1.165, 1.54) is 0 Å². The van der Waals surface area contributed by atoms with Gasteiger partial charge in [-0.1, -0.05) is 0 Å². The van der Waals surface area contributed by atoms with E-state index >= 15 is 0 Å². The number of nitrogens with two attached hydrogens (primary N) is 1. The van der Waals surface area contributed by atoms with E-state index in [-0.39, 0.29) is 0 Å². The van der Waals surface area contributed by atoms with E-state index in [9.17, 15) is 0 Å². The molecular formula is C10H12N2O. The van der Waals surface area contributed by atoms with Crippen LogP contribution in [0.4, 0.5) is 5.69 Å². The SMILES string of the molecule is CCOc1cc(C#N)c(C)cc1N. The van der Waals surface area contributed by atoms with Crippen molar-refractivity contribution in [2.24, 2.45) is 0 Å². The maximum atomic E-state index is 8.76. The third-order valence-corrected chi connectivity index (χ3v) is 1.78. The third kappa shape index (κ3) is 1.91. The zero-order valence-corrected chi connectivity index (χ0v) is 7.79. The van der Waals surface area contributed by atoms with Gasteiger partial charge in [-0.3, -0.25) is 0 Å². The molecule has 3 heteroatoms. The molecule has 0 aliphatic heterocycles. The fourth-order valence-corrected chi connectivity index (χ4v) is 1.11. The average Bonchev–Trinajstić information content (AvgIpc) is 2.10. The number of rotatable bonds is 2. The number of nitrogen functional groups attached to an aromatic ring is 1. The van der Waals surface area contributed by atoms with Gasteiger partial charge in [0.05, 0.1) is 23.9 Å². The van der Waals surface area contributed by atoms with Gasteiger partial charge in [-0.25, -0.2) is 0 Å². The zero-order chi connectivity index (χ0) is 9.84. The maximum absolute atomic E-state index is 8.76. The molecule has 0 saturated carbocycles. The number of nitrogens with zero attached hydrogens (tertiary/aromatic N) is 1. The third-order valence-electron chi connectivity index (χ3n) is 1.78. The van der Waals surface area contributed by atoms with Crippen LogP contribution in [-0.2, 0) is 0 Å². The van der Waals surface area contributed by atoms with Crippen molar-refractivity contribution < 1.29 is 4.74 Å². The van der Waals surface area contributed by atoms with Crippen LogP contribution >= 0.6 is 0 Å². The minimum atomic E-state index is 0.554. The van der Waals surface area contributed by atoms with Crippen LogP contribution < -0.4 is 10.5 Å². The van der Waals surface area contributed by atoms with Crippen molar-refractivity contribution >= 4 is 5.69 Å². The minimum absolute atomic E-state index is 0.554. The van der Waals surface area contributed by atoms with Gasteiger partial charge < -0.3 is 10.5 Å². The second-order valence-corrected chi connectivity index (χ2v) is 2.75. The predicted molar refractivity (Wildman–Crippen MR) is 51.5 cm³/mol. The fourth-order valence-electron chi connectivity index (χ4n) is 1.11. The van der Waals surface area contributed by atoms with Crippen LogP contribution in [0.3, 0.4) is 0 Å². The van der Waals surface area contributed by atoms with Gasteiger partial charge in [0.2, 0.25) is 0 Å². The monoisotopic (exact) mass is 176 g/mol. The summed E-state index contributed by atoms with van der Waals surface area (Å²) in [6, 6.07) is 5.51. The number of anilines is 1. The minimum Gasteiger partial charge on any atom is -0.492 e. The second kappa shape index (κ2) is 3.81. The van der Waals surface area contributed by atoms with Crippen LogP contribution in [0.2, 0.25) is 0 Å². The molecule has 0 fully saturated rings. The van der Waals surface area contributed by atoms with Gasteiger partial charge in [0.15, 0.2) is 0 Å². The highest BCUT2D eigenvalue weighted by Gasteiger charge is 2.04. The molecule has 0 amide bonds. The van der Waals surface area contributed by atoms with Crippen molar-refractivity contribution in [3.8, 4) is 11.8 Å². The summed E-state index contributed by atoms with van der Waals surface area (Å²) in [5.74, 6) is 0.588. The highest BCUT2D eigenvalue weighted by atomic mass is 16.5. The van der Waals surface area contributed by atoms with Crippen LogP contribution in [0.5, 0.6) is 5.75 Å². The Labute approximate surface area is 77.7 Å². The largest absolute Gasteiger partial charge is 0.492 e. The lowest BCUT2D eigenvalue weighted by atomic mass is 10.1. The average molecular weight is 176 g/mol. The van der Waals surface area contributed by atoms with Crippen LogP contribution in [0.15, 0.2) is 12.1 Å². The molecule has 0 spiro atoms. The summed E-state index contributed by atoms with van der Waals surface area (Å²) in [5.41, 5.74) is 7.77. The molecular weight excluding hydrogens is 164 g/mol. The molecule has 68 valence electrons. The fraction of sp³-hybridized carbons (Fsp3) is 0.300. The highest BCUT2D eigenvalue weighted by molar-refractivity contribution is 5.59. The molecule has 0 heterocycles. The van der Waals surface area contributed by atoms with Gasteiger partial charge in [-0.2, -0.15) is 5.26 Å². The smallest absolute Gasteiger partial charge is 0.143 e. The standard InChI is InChI=1S/C10H12N2O/c1-3-13-10-5-8(6-11)7(2)4-9(10)12/h4-5H,3,12H2,1-2H3. The summed E-state index contributed by atoms with van der Waals surface area (Å²) in [6.07, 6.45) is 0. The van der Waals surface area contributed by atoms with Crippen molar-refractivity contribution in [3.63, 3.8) is 0 Å². The number of benzene rings is 1. The summed E-state index contributed by atoms with van der Waals surface area (Å²) in [5, 5.41) is 8.76. The summed E-state index contributed by atoms with van der Waals surface area (Å²) >= 11 is 0. The van der Waals surface area contributed by atoms with Crippen LogP contribution in [0.25, 0.3) is 0 Å². The molecule has 0 radical (unpaired) electrons. The molecule has 2 N–H and O–H groups in total. The normalized spacial score (nSPS) is 9.31. The van der Waals surface area contributed by atoms with Crippen LogP contribution in [-0.4, -0.2) is 6.61 Å². The second-order valence-electron chi connectivity index (χ2n) is 2.75. The van der Waals surface area contributed by atoms with Gasteiger partial charge in [0, 0.05) is 6.07 Å². The molecule has 0 bridgehead atoms. The van der Waals surface area contributed by atoms with Crippen LogP contribution in [0, 0.1) is 18.3 Å². The van der Waals surface area contributed by atoms with Gasteiger partial charge in [0.25, 0.3) is 0 Å². The van der Waals surface area contributed by atoms with Gasteiger partial charge >= 0.3 is 0 Å². The first kappa shape index (κ1) is 9.40. The van der Waals surface area contributed by atoms with Crippen molar-refractivity contribution in [1.29, 1.82) is 5.26 Å². The molecule has 0 aliphatic carbocycles. The lowest BCUT2D eigenvalue weighted by Gasteiger charge is -2.08. The highest BCUT2D eigenvalue weighted by Crippen LogP contribution is 2.25. The van der Waals surface area contributed by atoms with E-state index in [0.717, 1.165) is 5.56 Å². The number of nitriles is 1. The van der Waals surface area contributed by atoms with Crippen molar-refractivity contribution in [3.05, 3.63) is 23.3 Å². The number of hydrogen-bond donors (Lipinski definition) is 1. The van der Waals surface area contributed by atoms with Crippen molar-refractivity contribution in [2.75, 3.05) is 12.3 Å². The molecule has 0 aromatic heterocycles. The molecule has 1 aromatic carbocycles. The van der Waals surface area contributed by atoms with E-state index in [1.54, 1.807) is 12.1 Å². The first-order chi connectivity index (χ1) is 6.19.